The number of hydrogen-bond donors (Lipinski definition) is 1. The van der Waals surface area contributed by atoms with E-state index in [2.05, 4.69) is 0 Å². The summed E-state index contributed by atoms with van der Waals surface area (Å²) in [7, 11) is -4.15. The van der Waals surface area contributed by atoms with Crippen molar-refractivity contribution in [1.29, 1.82) is 0 Å². The largest absolute Gasteiger partial charge is 0.472 e. The Morgan fingerprint density at radius 3 is 1.61 bits per heavy atom. The Morgan fingerprint density at radius 1 is 0.870 bits per heavy atom. The molecule has 0 aliphatic heterocycles. The van der Waals surface area contributed by atoms with Crippen molar-refractivity contribution >= 4 is 19.8 Å². The van der Waals surface area contributed by atoms with Crippen LogP contribution in [0.1, 0.15) is 26.7 Å². The van der Waals surface area contributed by atoms with Crippen LogP contribution in [0.5, 0.6) is 0 Å². The Bertz CT molecular complexity index is 420. The first-order chi connectivity index (χ1) is 10.9. The number of carbonyl (C=O) groups is 2. The molecule has 8 nitrogen and oxygen atoms in total. The molecule has 0 aliphatic rings. The molecule has 0 heterocycles. The number of ether oxygens (including phenoxy) is 2. The van der Waals surface area contributed by atoms with Crippen LogP contribution in [-0.4, -0.2) is 43.3 Å². The highest BCUT2D eigenvalue weighted by atomic mass is 31.2. The third-order valence-corrected chi connectivity index (χ3v) is 3.20. The second-order valence-corrected chi connectivity index (χ2v) is 5.63. The molecule has 0 aromatic heterocycles. The standard InChI is InChI=1S/C14H23O8P/c1-3-7-13(15)19-9-5-11-21-23(17,18)22-12-6-10-20-14(16)8-4-2/h3-4,7-8H,5-6,9-12H2,1-2H3,(H,17,18). The van der Waals surface area contributed by atoms with Gasteiger partial charge in [0.15, 0.2) is 0 Å². The molecule has 0 fully saturated rings. The van der Waals surface area contributed by atoms with Crippen molar-refractivity contribution in [3.05, 3.63) is 24.3 Å². The molecule has 0 unspecified atom stereocenters. The van der Waals surface area contributed by atoms with Gasteiger partial charge in [-0.1, -0.05) is 12.2 Å². The summed E-state index contributed by atoms with van der Waals surface area (Å²) in [4.78, 5) is 31.3. The van der Waals surface area contributed by atoms with E-state index in [0.29, 0.717) is 0 Å². The number of rotatable bonds is 12. The van der Waals surface area contributed by atoms with E-state index in [4.69, 9.17) is 18.5 Å². The maximum Gasteiger partial charge on any atom is 0.472 e. The van der Waals surface area contributed by atoms with Crippen LogP contribution >= 0.6 is 7.82 Å². The lowest BCUT2D eigenvalue weighted by Crippen LogP contribution is -2.07. The van der Waals surface area contributed by atoms with Gasteiger partial charge in [0, 0.05) is 25.0 Å². The quantitative estimate of drug-likeness (QED) is 0.247. The fourth-order valence-corrected chi connectivity index (χ4v) is 2.02. The Balaban J connectivity index is 3.67. The molecule has 0 atom stereocenters. The van der Waals surface area contributed by atoms with Crippen LogP contribution < -0.4 is 0 Å². The Hall–Kier alpha value is -1.47. The lowest BCUT2D eigenvalue weighted by molar-refractivity contribution is -0.138. The third kappa shape index (κ3) is 13.9. The molecule has 132 valence electrons. The van der Waals surface area contributed by atoms with Crippen LogP contribution in [0.15, 0.2) is 24.3 Å². The summed E-state index contributed by atoms with van der Waals surface area (Å²) < 4.78 is 30.4. The summed E-state index contributed by atoms with van der Waals surface area (Å²) in [6.45, 7) is 3.34. The first-order valence-electron chi connectivity index (χ1n) is 7.12. The van der Waals surface area contributed by atoms with Crippen LogP contribution in [0.25, 0.3) is 0 Å². The van der Waals surface area contributed by atoms with Crippen molar-refractivity contribution in [2.45, 2.75) is 26.7 Å². The van der Waals surface area contributed by atoms with E-state index in [0.717, 1.165) is 0 Å². The van der Waals surface area contributed by atoms with Gasteiger partial charge in [-0.05, 0) is 13.8 Å². The van der Waals surface area contributed by atoms with Gasteiger partial charge < -0.3 is 14.4 Å². The van der Waals surface area contributed by atoms with Gasteiger partial charge in [-0.15, -0.1) is 0 Å². The van der Waals surface area contributed by atoms with E-state index in [1.54, 1.807) is 26.0 Å². The molecule has 0 saturated carbocycles. The van der Waals surface area contributed by atoms with E-state index in [1.165, 1.54) is 12.2 Å². The van der Waals surface area contributed by atoms with Crippen molar-refractivity contribution < 1.29 is 37.6 Å². The van der Waals surface area contributed by atoms with Gasteiger partial charge in [-0.3, -0.25) is 9.05 Å². The van der Waals surface area contributed by atoms with Gasteiger partial charge in [-0.2, -0.15) is 0 Å². The molecule has 1 N–H and O–H groups in total. The zero-order chi connectivity index (χ0) is 17.6. The second kappa shape index (κ2) is 13.0. The summed E-state index contributed by atoms with van der Waals surface area (Å²) in [6, 6.07) is 0. The Kier molecular flexibility index (Phi) is 12.2. The molecule has 0 aromatic carbocycles. The van der Waals surface area contributed by atoms with Crippen LogP contribution in [0.2, 0.25) is 0 Å². The predicted molar refractivity (Wildman–Crippen MR) is 82.5 cm³/mol. The maximum absolute atomic E-state index is 11.5. The molecule has 0 radical (unpaired) electrons. The number of esters is 2. The first kappa shape index (κ1) is 21.5. The summed E-state index contributed by atoms with van der Waals surface area (Å²) in [6.07, 6.45) is 6.15. The molecule has 0 aliphatic carbocycles. The summed E-state index contributed by atoms with van der Waals surface area (Å²) in [5, 5.41) is 0. The van der Waals surface area contributed by atoms with Crippen LogP contribution in [0.3, 0.4) is 0 Å². The minimum Gasteiger partial charge on any atom is -0.462 e. The smallest absolute Gasteiger partial charge is 0.462 e. The SMILES string of the molecule is CC=CC(=O)OCCCOP(=O)(O)OCCCOC(=O)C=CC. The predicted octanol–water partition coefficient (Wildman–Crippen LogP) is 2.14. The van der Waals surface area contributed by atoms with Gasteiger partial charge in [-0.25, -0.2) is 14.2 Å². The number of phosphoric ester groups is 1. The highest BCUT2D eigenvalue weighted by Gasteiger charge is 2.20. The average molecular weight is 350 g/mol. The molecular weight excluding hydrogens is 327 g/mol. The normalized spacial score (nSPS) is 14.0. The van der Waals surface area contributed by atoms with Crippen molar-refractivity contribution in [1.82, 2.24) is 0 Å². The van der Waals surface area contributed by atoms with Crippen LogP contribution in [0.4, 0.5) is 0 Å². The van der Waals surface area contributed by atoms with Crippen molar-refractivity contribution in [3.8, 4) is 0 Å². The van der Waals surface area contributed by atoms with Crippen molar-refractivity contribution in [3.63, 3.8) is 0 Å². The summed E-state index contributed by atoms with van der Waals surface area (Å²) in [5.41, 5.74) is 0. The second-order valence-electron chi connectivity index (χ2n) is 4.18. The van der Waals surface area contributed by atoms with Crippen molar-refractivity contribution in [2.75, 3.05) is 26.4 Å². The van der Waals surface area contributed by atoms with Gasteiger partial charge in [0.25, 0.3) is 0 Å². The number of phosphoric acid groups is 1. The maximum atomic E-state index is 11.5. The van der Waals surface area contributed by atoms with Gasteiger partial charge >= 0.3 is 19.8 Å². The molecule has 23 heavy (non-hydrogen) atoms. The highest BCUT2D eigenvalue weighted by Crippen LogP contribution is 2.43. The zero-order valence-electron chi connectivity index (χ0n) is 13.3. The monoisotopic (exact) mass is 350 g/mol. The van der Waals surface area contributed by atoms with Crippen molar-refractivity contribution in [2.24, 2.45) is 0 Å². The number of carbonyl (C=O) groups excluding carboxylic acids is 2. The van der Waals surface area contributed by atoms with E-state index in [1.807, 2.05) is 0 Å². The van der Waals surface area contributed by atoms with Gasteiger partial charge in [0.2, 0.25) is 0 Å². The minimum atomic E-state index is -4.15. The van der Waals surface area contributed by atoms with Crippen LogP contribution in [0, 0.1) is 0 Å². The Labute approximate surface area is 135 Å². The van der Waals surface area contributed by atoms with E-state index < -0.39 is 19.8 Å². The highest BCUT2D eigenvalue weighted by molar-refractivity contribution is 7.47. The number of hydrogen-bond acceptors (Lipinski definition) is 7. The average Bonchev–Trinajstić information content (AvgIpc) is 2.47. The molecule has 0 bridgehead atoms. The molecule has 0 aromatic rings. The fraction of sp³-hybridized carbons (Fsp3) is 0.571. The molecular formula is C14H23O8P. The number of allylic oxidation sites excluding steroid dienone is 2. The first-order valence-corrected chi connectivity index (χ1v) is 8.61. The van der Waals surface area contributed by atoms with E-state index >= 15 is 0 Å². The van der Waals surface area contributed by atoms with E-state index in [-0.39, 0.29) is 39.3 Å². The fourth-order valence-electron chi connectivity index (χ4n) is 1.23. The minimum absolute atomic E-state index is 0.0735. The topological polar surface area (TPSA) is 108 Å². The van der Waals surface area contributed by atoms with E-state index in [9.17, 15) is 19.0 Å². The zero-order valence-corrected chi connectivity index (χ0v) is 14.2. The summed E-state index contributed by atoms with van der Waals surface area (Å²) in [5.74, 6) is -0.966. The lowest BCUT2D eigenvalue weighted by Gasteiger charge is -2.12. The van der Waals surface area contributed by atoms with Gasteiger partial charge in [0.05, 0.1) is 26.4 Å². The van der Waals surface area contributed by atoms with Gasteiger partial charge in [0.1, 0.15) is 0 Å². The molecule has 0 saturated heterocycles. The summed E-state index contributed by atoms with van der Waals surface area (Å²) >= 11 is 0. The molecule has 0 amide bonds. The molecule has 0 rings (SSSR count). The lowest BCUT2D eigenvalue weighted by atomic mass is 10.5. The van der Waals surface area contributed by atoms with Crippen LogP contribution in [-0.2, 0) is 32.7 Å². The molecule has 9 heteroatoms. The molecule has 0 spiro atoms. The third-order valence-electron chi connectivity index (χ3n) is 2.18. The Morgan fingerprint density at radius 2 is 1.26 bits per heavy atom.